The number of aromatic nitrogens is 2. The minimum absolute atomic E-state index is 0.315. The van der Waals surface area contributed by atoms with Crippen LogP contribution < -0.4 is 10.7 Å². The molecule has 1 aromatic heterocycles. The number of rotatable bonds is 5. The van der Waals surface area contributed by atoms with E-state index in [2.05, 4.69) is 20.7 Å². The van der Waals surface area contributed by atoms with Gasteiger partial charge in [0.15, 0.2) is 0 Å². The van der Waals surface area contributed by atoms with Crippen molar-refractivity contribution >= 4 is 28.9 Å². The summed E-state index contributed by atoms with van der Waals surface area (Å²) in [5, 5.41) is 3.44. The van der Waals surface area contributed by atoms with E-state index in [0.29, 0.717) is 23.9 Å². The van der Waals surface area contributed by atoms with Gasteiger partial charge in [-0.05, 0) is 43.5 Å². The van der Waals surface area contributed by atoms with Crippen molar-refractivity contribution in [3.8, 4) is 0 Å². The average Bonchev–Trinajstić information content (AvgIpc) is 3.25. The number of nitrogens with zero attached hydrogens (tertiary/aromatic N) is 2. The van der Waals surface area contributed by atoms with Crippen molar-refractivity contribution in [3.63, 3.8) is 0 Å². The highest BCUT2D eigenvalue weighted by Crippen LogP contribution is 2.22. The minimum Gasteiger partial charge on any atom is -0.345 e. The van der Waals surface area contributed by atoms with E-state index in [0.717, 1.165) is 16.1 Å². The zero-order chi connectivity index (χ0) is 19.7. The van der Waals surface area contributed by atoms with Gasteiger partial charge in [0.2, 0.25) is 0 Å². The summed E-state index contributed by atoms with van der Waals surface area (Å²) in [6.45, 7) is 1.67. The summed E-state index contributed by atoms with van der Waals surface area (Å²) in [6.07, 6.45) is 2.58. The maximum atomic E-state index is 12.8. The Morgan fingerprint density at radius 1 is 1.18 bits per heavy atom. The van der Waals surface area contributed by atoms with Crippen LogP contribution in [-0.2, 0) is 11.2 Å². The van der Waals surface area contributed by atoms with Gasteiger partial charge in [-0.25, -0.2) is 9.78 Å². The number of hydrogen-bond donors (Lipinski definition) is 3. The first kappa shape index (κ1) is 17.7. The summed E-state index contributed by atoms with van der Waals surface area (Å²) in [5.74, 6) is -1.03. The van der Waals surface area contributed by atoms with Crippen LogP contribution in [0.25, 0.3) is 11.0 Å². The van der Waals surface area contributed by atoms with E-state index in [1.165, 1.54) is 6.33 Å². The number of aromatic amines is 1. The van der Waals surface area contributed by atoms with E-state index in [4.69, 9.17) is 0 Å². The van der Waals surface area contributed by atoms with Gasteiger partial charge < -0.3 is 10.3 Å². The topological polar surface area (TPSA) is 107 Å². The number of H-pyrrole nitrogens is 1. The fourth-order valence-corrected chi connectivity index (χ4v) is 3.24. The standard InChI is InChI=1S/C20H19N5O3/c1-20(10-9-13-5-3-2-4-6-13)18(27)25(19(28)23-20)24-17(26)14-7-8-15-16(11-14)22-12-21-15/h2-8,11-12H,9-10H2,1H3,(H,21,22)(H,23,28)(H,24,26)/t20-/m0/s1. The van der Waals surface area contributed by atoms with Gasteiger partial charge in [-0.1, -0.05) is 30.3 Å². The van der Waals surface area contributed by atoms with E-state index < -0.39 is 23.4 Å². The normalized spacial score (nSPS) is 19.1. The Bertz CT molecular complexity index is 1060. The lowest BCUT2D eigenvalue weighted by molar-refractivity contribution is -0.132. The molecule has 2 aromatic carbocycles. The van der Waals surface area contributed by atoms with Gasteiger partial charge >= 0.3 is 6.03 Å². The van der Waals surface area contributed by atoms with E-state index in [9.17, 15) is 14.4 Å². The van der Waals surface area contributed by atoms with Gasteiger partial charge in [-0.3, -0.25) is 15.0 Å². The second-order valence-electron chi connectivity index (χ2n) is 6.96. The quantitative estimate of drug-likeness (QED) is 0.592. The van der Waals surface area contributed by atoms with Crippen molar-refractivity contribution in [2.75, 3.05) is 0 Å². The third-order valence-corrected chi connectivity index (χ3v) is 4.91. The van der Waals surface area contributed by atoms with Gasteiger partial charge in [0.05, 0.1) is 17.4 Å². The Labute approximate surface area is 160 Å². The average molecular weight is 377 g/mol. The van der Waals surface area contributed by atoms with Crippen molar-refractivity contribution < 1.29 is 14.4 Å². The summed E-state index contributed by atoms with van der Waals surface area (Å²) in [6, 6.07) is 14.0. The Balaban J connectivity index is 1.46. The molecule has 4 amide bonds. The number of nitrogens with one attached hydrogen (secondary N) is 3. The zero-order valence-electron chi connectivity index (χ0n) is 15.2. The first-order chi connectivity index (χ1) is 13.5. The summed E-state index contributed by atoms with van der Waals surface area (Å²) in [7, 11) is 0. The van der Waals surface area contributed by atoms with Crippen molar-refractivity contribution in [3.05, 3.63) is 66.0 Å². The summed E-state index contributed by atoms with van der Waals surface area (Å²) < 4.78 is 0. The number of aryl methyl sites for hydroxylation is 1. The highest BCUT2D eigenvalue weighted by molar-refractivity contribution is 6.09. The van der Waals surface area contributed by atoms with Crippen LogP contribution in [0.5, 0.6) is 0 Å². The number of benzene rings is 2. The molecule has 1 saturated heterocycles. The van der Waals surface area contributed by atoms with Crippen molar-refractivity contribution in [1.29, 1.82) is 0 Å². The highest BCUT2D eigenvalue weighted by Gasteiger charge is 2.48. The highest BCUT2D eigenvalue weighted by atomic mass is 16.2. The van der Waals surface area contributed by atoms with Gasteiger partial charge in [-0.15, -0.1) is 0 Å². The number of carbonyl (C=O) groups is 3. The van der Waals surface area contributed by atoms with Gasteiger partial charge in [0, 0.05) is 5.56 Å². The van der Waals surface area contributed by atoms with Crippen LogP contribution >= 0.6 is 0 Å². The monoisotopic (exact) mass is 377 g/mol. The third-order valence-electron chi connectivity index (χ3n) is 4.91. The molecule has 2 heterocycles. The smallest absolute Gasteiger partial charge is 0.344 e. The molecule has 0 unspecified atom stereocenters. The third kappa shape index (κ3) is 3.20. The van der Waals surface area contributed by atoms with Crippen LogP contribution in [0.1, 0.15) is 29.3 Å². The molecule has 0 radical (unpaired) electrons. The maximum absolute atomic E-state index is 12.8. The number of carbonyl (C=O) groups excluding carboxylic acids is 3. The molecule has 1 aliphatic rings. The zero-order valence-corrected chi connectivity index (χ0v) is 15.2. The number of urea groups is 1. The molecule has 142 valence electrons. The van der Waals surface area contributed by atoms with Crippen LogP contribution in [0, 0.1) is 0 Å². The molecular weight excluding hydrogens is 358 g/mol. The second-order valence-corrected chi connectivity index (χ2v) is 6.96. The molecule has 0 aliphatic carbocycles. The van der Waals surface area contributed by atoms with Gasteiger partial charge in [-0.2, -0.15) is 5.01 Å². The van der Waals surface area contributed by atoms with Crippen molar-refractivity contribution in [2.45, 2.75) is 25.3 Å². The van der Waals surface area contributed by atoms with E-state index in [1.54, 1.807) is 25.1 Å². The molecule has 3 aromatic rings. The Morgan fingerprint density at radius 2 is 1.96 bits per heavy atom. The van der Waals surface area contributed by atoms with Crippen LogP contribution in [0.3, 0.4) is 0 Å². The molecule has 0 spiro atoms. The van der Waals surface area contributed by atoms with E-state index >= 15 is 0 Å². The van der Waals surface area contributed by atoms with Crippen molar-refractivity contribution in [1.82, 2.24) is 25.7 Å². The largest absolute Gasteiger partial charge is 0.345 e. The molecular formula is C20H19N5O3. The van der Waals surface area contributed by atoms with E-state index in [1.807, 2.05) is 30.3 Å². The lowest BCUT2D eigenvalue weighted by Gasteiger charge is -2.21. The predicted octanol–water partition coefficient (Wildman–Crippen LogP) is 2.15. The molecule has 8 nitrogen and oxygen atoms in total. The van der Waals surface area contributed by atoms with Gasteiger partial charge in [0.1, 0.15) is 5.54 Å². The number of amides is 4. The number of imide groups is 1. The molecule has 3 N–H and O–H groups in total. The molecule has 0 bridgehead atoms. The van der Waals surface area contributed by atoms with E-state index in [-0.39, 0.29) is 0 Å². The van der Waals surface area contributed by atoms with Crippen LogP contribution in [0.15, 0.2) is 54.9 Å². The Morgan fingerprint density at radius 3 is 2.75 bits per heavy atom. The first-order valence-electron chi connectivity index (χ1n) is 8.91. The number of hydrazine groups is 1. The second kappa shape index (κ2) is 6.80. The lowest BCUT2D eigenvalue weighted by Crippen LogP contribution is -2.48. The molecule has 8 heteroatoms. The molecule has 1 fully saturated rings. The molecule has 28 heavy (non-hydrogen) atoms. The van der Waals surface area contributed by atoms with Gasteiger partial charge in [0.25, 0.3) is 11.8 Å². The van der Waals surface area contributed by atoms with Crippen LogP contribution in [0.4, 0.5) is 4.79 Å². The first-order valence-corrected chi connectivity index (χ1v) is 8.91. The molecule has 1 atom stereocenters. The molecule has 4 rings (SSSR count). The SMILES string of the molecule is C[C@@]1(CCc2ccccc2)NC(=O)N(NC(=O)c2ccc3nc[nH]c3c2)C1=O. The fourth-order valence-electron chi connectivity index (χ4n) is 3.24. The molecule has 1 aliphatic heterocycles. The number of hydrogen-bond acceptors (Lipinski definition) is 4. The Kier molecular flexibility index (Phi) is 4.31. The van der Waals surface area contributed by atoms with Crippen LogP contribution in [-0.4, -0.2) is 38.4 Å². The fraction of sp³-hybridized carbons (Fsp3) is 0.200. The number of imidazole rings is 1. The maximum Gasteiger partial charge on any atom is 0.344 e. The summed E-state index contributed by atoms with van der Waals surface area (Å²) >= 11 is 0. The lowest BCUT2D eigenvalue weighted by atomic mass is 9.93. The predicted molar refractivity (Wildman–Crippen MR) is 102 cm³/mol. The Hall–Kier alpha value is -3.68. The molecule has 0 saturated carbocycles. The minimum atomic E-state index is -1.08. The summed E-state index contributed by atoms with van der Waals surface area (Å²) in [5.41, 5.74) is 4.13. The number of fused-ring (bicyclic) bond motifs is 1. The summed E-state index contributed by atoms with van der Waals surface area (Å²) in [4.78, 5) is 44.7. The van der Waals surface area contributed by atoms with Crippen molar-refractivity contribution in [2.24, 2.45) is 0 Å². The van der Waals surface area contributed by atoms with Crippen LogP contribution in [0.2, 0.25) is 0 Å².